The Morgan fingerprint density at radius 1 is 1.21 bits per heavy atom. The van der Waals surface area contributed by atoms with Gasteiger partial charge in [0.2, 0.25) is 5.82 Å². The highest BCUT2D eigenvalue weighted by atomic mass is 19.1. The quantitative estimate of drug-likeness (QED) is 0.572. The molecular weight excluding hydrogens is 318 g/mol. The summed E-state index contributed by atoms with van der Waals surface area (Å²) in [7, 11) is 0. The second-order valence-electron chi connectivity index (χ2n) is 5.00. The third-order valence-electron chi connectivity index (χ3n) is 3.45. The first kappa shape index (κ1) is 15.6. The van der Waals surface area contributed by atoms with Gasteiger partial charge in [0.05, 0.1) is 16.9 Å². The van der Waals surface area contributed by atoms with Crippen molar-refractivity contribution in [3.63, 3.8) is 0 Å². The molecule has 6 nitrogen and oxygen atoms in total. The standard InChI is InChI=1S/C16H12F2N4O2/c17-12-2-1-3-14(16(12)22(23)24)20-9-11-4-5-15(13(18)8-11)21-7-6-19-10-21/h1-8,10,20H,9H2. The van der Waals surface area contributed by atoms with E-state index in [2.05, 4.69) is 10.3 Å². The van der Waals surface area contributed by atoms with E-state index in [1.807, 2.05) is 0 Å². The monoisotopic (exact) mass is 330 g/mol. The van der Waals surface area contributed by atoms with Gasteiger partial charge in [-0.25, -0.2) is 9.37 Å². The first-order chi connectivity index (χ1) is 11.6. The van der Waals surface area contributed by atoms with Crippen molar-refractivity contribution < 1.29 is 13.7 Å². The van der Waals surface area contributed by atoms with Gasteiger partial charge in [0.25, 0.3) is 0 Å². The fraction of sp³-hybridized carbons (Fsp3) is 0.0625. The van der Waals surface area contributed by atoms with Crippen molar-refractivity contribution >= 4 is 11.4 Å². The lowest BCUT2D eigenvalue weighted by molar-refractivity contribution is -0.386. The predicted octanol–water partition coefficient (Wildman–Crippen LogP) is 3.67. The summed E-state index contributed by atoms with van der Waals surface area (Å²) in [5.41, 5.74) is 0.315. The first-order valence-electron chi connectivity index (χ1n) is 7.00. The van der Waals surface area contributed by atoms with Crippen LogP contribution in [0.5, 0.6) is 0 Å². The van der Waals surface area contributed by atoms with E-state index in [9.17, 15) is 18.9 Å². The van der Waals surface area contributed by atoms with Crippen molar-refractivity contribution in [2.75, 3.05) is 5.32 Å². The molecule has 0 saturated heterocycles. The fourth-order valence-electron chi connectivity index (χ4n) is 2.31. The zero-order chi connectivity index (χ0) is 17.1. The number of hydrogen-bond acceptors (Lipinski definition) is 4. The fourth-order valence-corrected chi connectivity index (χ4v) is 2.31. The molecule has 122 valence electrons. The second kappa shape index (κ2) is 6.45. The number of benzene rings is 2. The molecule has 0 bridgehead atoms. The molecule has 0 fully saturated rings. The van der Waals surface area contributed by atoms with Gasteiger partial charge in [0.1, 0.15) is 11.5 Å². The highest BCUT2D eigenvalue weighted by molar-refractivity contribution is 5.62. The topological polar surface area (TPSA) is 73.0 Å². The Hall–Kier alpha value is -3.29. The summed E-state index contributed by atoms with van der Waals surface area (Å²) in [6, 6.07) is 8.35. The molecule has 1 heterocycles. The Morgan fingerprint density at radius 3 is 2.71 bits per heavy atom. The molecule has 0 atom stereocenters. The minimum Gasteiger partial charge on any atom is -0.375 e. The summed E-state index contributed by atoms with van der Waals surface area (Å²) >= 11 is 0. The number of nitro benzene ring substituents is 1. The van der Waals surface area contributed by atoms with Gasteiger partial charge >= 0.3 is 5.69 Å². The number of para-hydroxylation sites is 1. The number of nitrogens with one attached hydrogen (secondary N) is 1. The highest BCUT2D eigenvalue weighted by Crippen LogP contribution is 2.27. The van der Waals surface area contributed by atoms with Crippen molar-refractivity contribution in [1.29, 1.82) is 0 Å². The maximum absolute atomic E-state index is 14.2. The molecule has 1 aromatic heterocycles. The Kier molecular flexibility index (Phi) is 4.19. The van der Waals surface area contributed by atoms with Crippen LogP contribution in [0.3, 0.4) is 0 Å². The van der Waals surface area contributed by atoms with E-state index in [1.165, 1.54) is 35.3 Å². The molecule has 2 aromatic carbocycles. The van der Waals surface area contributed by atoms with Crippen LogP contribution in [-0.2, 0) is 6.54 Å². The lowest BCUT2D eigenvalue weighted by atomic mass is 10.2. The molecule has 0 radical (unpaired) electrons. The number of aromatic nitrogens is 2. The van der Waals surface area contributed by atoms with Crippen LogP contribution in [0.2, 0.25) is 0 Å². The Morgan fingerprint density at radius 2 is 2.04 bits per heavy atom. The van der Waals surface area contributed by atoms with Crippen LogP contribution in [0.1, 0.15) is 5.56 Å². The molecule has 0 unspecified atom stereocenters. The molecule has 3 rings (SSSR count). The number of imidazole rings is 1. The second-order valence-corrected chi connectivity index (χ2v) is 5.00. The molecule has 24 heavy (non-hydrogen) atoms. The maximum atomic E-state index is 14.2. The zero-order valence-corrected chi connectivity index (χ0v) is 12.3. The summed E-state index contributed by atoms with van der Waals surface area (Å²) < 4.78 is 29.2. The normalized spacial score (nSPS) is 10.6. The number of nitrogens with zero attached hydrogens (tertiary/aromatic N) is 3. The first-order valence-corrected chi connectivity index (χ1v) is 7.00. The van der Waals surface area contributed by atoms with Gasteiger partial charge in [-0.3, -0.25) is 10.1 Å². The number of nitro groups is 1. The summed E-state index contributed by atoms with van der Waals surface area (Å²) in [6.45, 7) is 0.116. The number of hydrogen-bond donors (Lipinski definition) is 1. The Balaban J connectivity index is 1.80. The van der Waals surface area contributed by atoms with Gasteiger partial charge in [-0.05, 0) is 29.8 Å². The average Bonchev–Trinajstić information content (AvgIpc) is 3.06. The highest BCUT2D eigenvalue weighted by Gasteiger charge is 2.19. The molecule has 0 aliphatic heterocycles. The molecular formula is C16H12F2N4O2. The van der Waals surface area contributed by atoms with Crippen molar-refractivity contribution in [1.82, 2.24) is 9.55 Å². The summed E-state index contributed by atoms with van der Waals surface area (Å²) in [4.78, 5) is 14.0. The minimum atomic E-state index is -0.924. The molecule has 0 amide bonds. The zero-order valence-electron chi connectivity index (χ0n) is 12.3. The van der Waals surface area contributed by atoms with E-state index in [0.29, 0.717) is 11.3 Å². The van der Waals surface area contributed by atoms with Crippen LogP contribution < -0.4 is 5.32 Å². The summed E-state index contributed by atoms with van der Waals surface area (Å²) in [5.74, 6) is -1.38. The molecule has 1 N–H and O–H groups in total. The average molecular weight is 330 g/mol. The molecule has 0 saturated carbocycles. The molecule has 3 aromatic rings. The number of rotatable bonds is 5. The molecule has 0 spiro atoms. The van der Waals surface area contributed by atoms with Crippen molar-refractivity contribution in [2.45, 2.75) is 6.54 Å². The lowest BCUT2D eigenvalue weighted by Crippen LogP contribution is -2.05. The summed E-state index contributed by atoms with van der Waals surface area (Å²) in [5, 5.41) is 13.7. The lowest BCUT2D eigenvalue weighted by Gasteiger charge is -2.09. The van der Waals surface area contributed by atoms with Crippen LogP contribution in [0.4, 0.5) is 20.2 Å². The van der Waals surface area contributed by atoms with Crippen LogP contribution in [0, 0.1) is 21.7 Å². The van der Waals surface area contributed by atoms with E-state index in [1.54, 1.807) is 18.3 Å². The largest absolute Gasteiger partial charge is 0.375 e. The molecule has 0 aliphatic rings. The predicted molar refractivity (Wildman–Crippen MR) is 83.9 cm³/mol. The number of halogens is 2. The van der Waals surface area contributed by atoms with E-state index in [-0.39, 0.29) is 12.2 Å². The third kappa shape index (κ3) is 3.07. The minimum absolute atomic E-state index is 0.0408. The Labute approximate surface area is 135 Å². The van der Waals surface area contributed by atoms with E-state index in [4.69, 9.17) is 0 Å². The van der Waals surface area contributed by atoms with Crippen molar-refractivity contribution in [2.24, 2.45) is 0 Å². The number of anilines is 1. The van der Waals surface area contributed by atoms with E-state index < -0.39 is 22.2 Å². The molecule has 8 heteroatoms. The van der Waals surface area contributed by atoms with E-state index >= 15 is 0 Å². The Bertz CT molecular complexity index is 882. The van der Waals surface area contributed by atoms with Gasteiger partial charge in [0, 0.05) is 18.9 Å². The van der Waals surface area contributed by atoms with Crippen LogP contribution >= 0.6 is 0 Å². The van der Waals surface area contributed by atoms with Gasteiger partial charge in [-0.2, -0.15) is 4.39 Å². The van der Waals surface area contributed by atoms with Gasteiger partial charge in [-0.15, -0.1) is 0 Å². The van der Waals surface area contributed by atoms with Crippen molar-refractivity contribution in [3.05, 3.63) is 82.4 Å². The van der Waals surface area contributed by atoms with Gasteiger partial charge in [0.15, 0.2) is 0 Å². The summed E-state index contributed by atoms with van der Waals surface area (Å²) in [6.07, 6.45) is 4.64. The van der Waals surface area contributed by atoms with Crippen LogP contribution in [0.25, 0.3) is 5.69 Å². The molecule has 0 aliphatic carbocycles. The maximum Gasteiger partial charge on any atom is 0.327 e. The van der Waals surface area contributed by atoms with Gasteiger partial charge < -0.3 is 9.88 Å². The van der Waals surface area contributed by atoms with E-state index in [0.717, 1.165) is 6.07 Å². The van der Waals surface area contributed by atoms with Crippen LogP contribution in [0.15, 0.2) is 55.1 Å². The van der Waals surface area contributed by atoms with Crippen molar-refractivity contribution in [3.8, 4) is 5.69 Å². The van der Waals surface area contributed by atoms with Gasteiger partial charge in [-0.1, -0.05) is 12.1 Å². The van der Waals surface area contributed by atoms with Crippen LogP contribution in [-0.4, -0.2) is 14.5 Å². The SMILES string of the molecule is O=[N+]([O-])c1c(F)cccc1NCc1ccc(-n2ccnc2)c(F)c1. The smallest absolute Gasteiger partial charge is 0.327 e. The third-order valence-corrected chi connectivity index (χ3v) is 3.45.